The summed E-state index contributed by atoms with van der Waals surface area (Å²) in [6, 6.07) is 5.28. The van der Waals surface area contributed by atoms with Crippen molar-refractivity contribution >= 4 is 37.0 Å². The van der Waals surface area contributed by atoms with Gasteiger partial charge in [0.2, 0.25) is 0 Å². The van der Waals surface area contributed by atoms with Crippen LogP contribution in [0, 0.1) is 0 Å². The number of hydrogen-bond donors (Lipinski definition) is 2. The van der Waals surface area contributed by atoms with Crippen molar-refractivity contribution in [2.45, 2.75) is 0 Å². The van der Waals surface area contributed by atoms with Crippen LogP contribution in [-0.4, -0.2) is 25.1 Å². The SMILES string of the molecule is COc1cccc2sc(NS(=O)(=O)O)nc12. The maximum atomic E-state index is 10.6. The summed E-state index contributed by atoms with van der Waals surface area (Å²) in [6.07, 6.45) is 0. The van der Waals surface area contributed by atoms with Crippen molar-refractivity contribution in [3.63, 3.8) is 0 Å². The lowest BCUT2D eigenvalue weighted by molar-refractivity contribution is 0.419. The number of thiazole rings is 1. The fourth-order valence-corrected chi connectivity index (χ4v) is 2.73. The summed E-state index contributed by atoms with van der Waals surface area (Å²) in [6.45, 7) is 0. The molecule has 2 aromatic rings. The molecule has 1 aromatic carbocycles. The fourth-order valence-electron chi connectivity index (χ4n) is 1.24. The van der Waals surface area contributed by atoms with Gasteiger partial charge in [-0.3, -0.25) is 4.55 Å². The molecule has 1 heterocycles. The van der Waals surface area contributed by atoms with Crippen LogP contribution >= 0.6 is 11.3 Å². The molecule has 0 aliphatic carbocycles. The van der Waals surface area contributed by atoms with Crippen LogP contribution in [0.1, 0.15) is 0 Å². The van der Waals surface area contributed by atoms with E-state index in [4.69, 9.17) is 9.29 Å². The molecule has 0 saturated heterocycles. The summed E-state index contributed by atoms with van der Waals surface area (Å²) in [5.41, 5.74) is 0.557. The minimum atomic E-state index is -4.29. The van der Waals surface area contributed by atoms with Crippen LogP contribution in [-0.2, 0) is 10.3 Å². The first kappa shape index (κ1) is 11.1. The zero-order valence-electron chi connectivity index (χ0n) is 8.17. The first-order chi connectivity index (χ1) is 7.49. The molecule has 0 atom stereocenters. The van der Waals surface area contributed by atoms with Crippen molar-refractivity contribution in [1.82, 2.24) is 4.98 Å². The Morgan fingerprint density at radius 1 is 1.50 bits per heavy atom. The van der Waals surface area contributed by atoms with E-state index in [0.717, 1.165) is 16.0 Å². The maximum absolute atomic E-state index is 10.6. The Balaban J connectivity index is 2.52. The minimum Gasteiger partial charge on any atom is -0.494 e. The maximum Gasteiger partial charge on any atom is 0.359 e. The van der Waals surface area contributed by atoms with E-state index in [-0.39, 0.29) is 5.13 Å². The van der Waals surface area contributed by atoms with Gasteiger partial charge < -0.3 is 4.74 Å². The lowest BCUT2D eigenvalue weighted by atomic mass is 10.3. The first-order valence-corrected chi connectivity index (χ1v) is 6.44. The Hall–Kier alpha value is -1.38. The number of hydrogen-bond acceptors (Lipinski definition) is 5. The highest BCUT2D eigenvalue weighted by atomic mass is 32.2. The van der Waals surface area contributed by atoms with Gasteiger partial charge in [-0.2, -0.15) is 8.42 Å². The third-order valence-corrected chi connectivity index (χ3v) is 3.33. The molecule has 2 N–H and O–H groups in total. The van der Waals surface area contributed by atoms with Crippen LogP contribution in [0.4, 0.5) is 5.13 Å². The Labute approximate surface area is 95.8 Å². The number of anilines is 1. The van der Waals surface area contributed by atoms with Gasteiger partial charge in [-0.05, 0) is 12.1 Å². The smallest absolute Gasteiger partial charge is 0.359 e. The van der Waals surface area contributed by atoms with Crippen molar-refractivity contribution < 1.29 is 17.7 Å². The molecule has 16 heavy (non-hydrogen) atoms. The van der Waals surface area contributed by atoms with Gasteiger partial charge in [0, 0.05) is 0 Å². The molecule has 0 aliphatic rings. The van der Waals surface area contributed by atoms with Crippen LogP contribution in [0.15, 0.2) is 18.2 Å². The summed E-state index contributed by atoms with van der Waals surface area (Å²) in [5, 5.41) is 0.0991. The molecule has 2 rings (SSSR count). The van der Waals surface area contributed by atoms with E-state index < -0.39 is 10.3 Å². The average molecular weight is 260 g/mol. The van der Waals surface area contributed by atoms with Crippen molar-refractivity contribution in [3.8, 4) is 5.75 Å². The summed E-state index contributed by atoms with van der Waals surface area (Å²) in [4.78, 5) is 4.01. The zero-order chi connectivity index (χ0) is 11.8. The molecule has 86 valence electrons. The van der Waals surface area contributed by atoms with Crippen LogP contribution in [0.5, 0.6) is 5.75 Å². The normalized spacial score (nSPS) is 11.6. The largest absolute Gasteiger partial charge is 0.494 e. The number of nitrogens with zero attached hydrogens (tertiary/aromatic N) is 1. The number of aromatic nitrogens is 1. The number of para-hydroxylation sites is 1. The average Bonchev–Trinajstić information content (AvgIpc) is 2.56. The lowest BCUT2D eigenvalue weighted by Gasteiger charge is -1.98. The van der Waals surface area contributed by atoms with Crippen LogP contribution in [0.2, 0.25) is 0 Å². The van der Waals surface area contributed by atoms with Gasteiger partial charge in [0.25, 0.3) is 0 Å². The van der Waals surface area contributed by atoms with Crippen LogP contribution < -0.4 is 9.46 Å². The second-order valence-electron chi connectivity index (χ2n) is 2.90. The molecule has 0 radical (unpaired) electrons. The molecule has 8 heteroatoms. The summed E-state index contributed by atoms with van der Waals surface area (Å²) >= 11 is 1.11. The third kappa shape index (κ3) is 2.23. The Bertz CT molecular complexity index is 620. The van der Waals surface area contributed by atoms with E-state index in [0.29, 0.717) is 11.3 Å². The summed E-state index contributed by atoms with van der Waals surface area (Å²) in [7, 11) is -2.78. The Morgan fingerprint density at radius 2 is 2.25 bits per heavy atom. The van der Waals surface area contributed by atoms with E-state index in [9.17, 15) is 8.42 Å². The Morgan fingerprint density at radius 3 is 2.88 bits per heavy atom. The molecular formula is C8H8N2O4S2. The van der Waals surface area contributed by atoms with Crippen LogP contribution in [0.25, 0.3) is 10.2 Å². The monoisotopic (exact) mass is 260 g/mol. The van der Waals surface area contributed by atoms with Gasteiger partial charge in [-0.25, -0.2) is 9.71 Å². The molecule has 1 aromatic heterocycles. The molecule has 0 saturated carbocycles. The third-order valence-electron chi connectivity index (χ3n) is 1.82. The molecule has 0 fully saturated rings. The molecule has 0 bridgehead atoms. The second kappa shape index (κ2) is 3.89. The van der Waals surface area contributed by atoms with E-state index in [1.54, 1.807) is 18.2 Å². The van der Waals surface area contributed by atoms with Gasteiger partial charge >= 0.3 is 10.3 Å². The topological polar surface area (TPSA) is 88.5 Å². The molecular weight excluding hydrogens is 252 g/mol. The molecule has 0 unspecified atom stereocenters. The standard InChI is InChI=1S/C8H8N2O4S2/c1-14-5-3-2-4-6-7(5)9-8(15-6)10-16(11,12)13/h2-4H,1H3,(H,9,10)(H,11,12,13). The minimum absolute atomic E-state index is 0.0991. The highest BCUT2D eigenvalue weighted by Gasteiger charge is 2.11. The van der Waals surface area contributed by atoms with E-state index in [1.807, 2.05) is 4.72 Å². The van der Waals surface area contributed by atoms with Gasteiger partial charge in [-0.1, -0.05) is 17.4 Å². The predicted octanol–water partition coefficient (Wildman–Crippen LogP) is 1.52. The van der Waals surface area contributed by atoms with Crippen molar-refractivity contribution in [2.75, 3.05) is 11.8 Å². The van der Waals surface area contributed by atoms with Gasteiger partial charge in [0.05, 0.1) is 11.8 Å². The van der Waals surface area contributed by atoms with Crippen molar-refractivity contribution in [3.05, 3.63) is 18.2 Å². The molecule has 0 aliphatic heterocycles. The van der Waals surface area contributed by atoms with Gasteiger partial charge in [-0.15, -0.1) is 0 Å². The van der Waals surface area contributed by atoms with E-state index in [2.05, 4.69) is 4.98 Å². The van der Waals surface area contributed by atoms with Crippen molar-refractivity contribution in [1.29, 1.82) is 0 Å². The number of ether oxygens (including phenoxy) is 1. The number of nitrogens with one attached hydrogen (secondary N) is 1. The predicted molar refractivity (Wildman–Crippen MR) is 61.3 cm³/mol. The van der Waals surface area contributed by atoms with Crippen LogP contribution in [0.3, 0.4) is 0 Å². The van der Waals surface area contributed by atoms with E-state index >= 15 is 0 Å². The summed E-state index contributed by atoms with van der Waals surface area (Å²) < 4.78 is 37.6. The Kier molecular flexibility index (Phi) is 2.70. The second-order valence-corrected chi connectivity index (χ2v) is 5.09. The van der Waals surface area contributed by atoms with Gasteiger partial charge in [0.1, 0.15) is 11.3 Å². The van der Waals surface area contributed by atoms with Gasteiger partial charge in [0.15, 0.2) is 5.13 Å². The quantitative estimate of drug-likeness (QED) is 0.817. The number of benzene rings is 1. The first-order valence-electron chi connectivity index (χ1n) is 4.18. The highest BCUT2D eigenvalue weighted by molar-refractivity contribution is 7.87. The summed E-state index contributed by atoms with van der Waals surface area (Å²) in [5.74, 6) is 0.553. The van der Waals surface area contributed by atoms with Crippen molar-refractivity contribution in [2.24, 2.45) is 0 Å². The zero-order valence-corrected chi connectivity index (χ0v) is 9.80. The number of methoxy groups -OCH3 is 1. The number of fused-ring (bicyclic) bond motifs is 1. The van der Waals surface area contributed by atoms with E-state index in [1.165, 1.54) is 7.11 Å². The molecule has 6 nitrogen and oxygen atoms in total. The highest BCUT2D eigenvalue weighted by Crippen LogP contribution is 2.32. The fraction of sp³-hybridized carbons (Fsp3) is 0.125. The lowest BCUT2D eigenvalue weighted by Crippen LogP contribution is -2.09. The molecule has 0 spiro atoms. The number of rotatable bonds is 3. The molecule has 0 amide bonds.